The van der Waals surface area contributed by atoms with Crippen molar-refractivity contribution in [3.63, 3.8) is 0 Å². The van der Waals surface area contributed by atoms with Gasteiger partial charge >= 0.3 is 0 Å². The van der Waals surface area contributed by atoms with Gasteiger partial charge in [-0.25, -0.2) is 9.37 Å². The molecule has 1 N–H and O–H groups in total. The number of halogens is 2. The van der Waals surface area contributed by atoms with E-state index in [1.165, 1.54) is 6.07 Å². The Hall–Kier alpha value is -1.20. The lowest BCUT2D eigenvalue weighted by atomic mass is 10.2. The lowest BCUT2D eigenvalue weighted by Gasteiger charge is -2.03. The highest BCUT2D eigenvalue weighted by Crippen LogP contribution is 2.26. The number of nitrogens with one attached hydrogen (secondary N) is 1. The Morgan fingerprint density at radius 3 is 2.88 bits per heavy atom. The summed E-state index contributed by atoms with van der Waals surface area (Å²) in [4.78, 5) is 4.15. The van der Waals surface area contributed by atoms with Crippen molar-refractivity contribution >= 4 is 15.9 Å². The van der Waals surface area contributed by atoms with Crippen molar-refractivity contribution in [2.75, 3.05) is 7.05 Å². The van der Waals surface area contributed by atoms with Crippen molar-refractivity contribution in [3.8, 4) is 11.3 Å². The SMILES string of the molecule is CNC(C)c1ncc(-c2ccc(Br)c(F)c2)o1. The third-order valence-corrected chi connectivity index (χ3v) is 3.17. The van der Waals surface area contributed by atoms with Crippen LogP contribution in [0.3, 0.4) is 0 Å². The van der Waals surface area contributed by atoms with Crippen LogP contribution in [-0.4, -0.2) is 12.0 Å². The van der Waals surface area contributed by atoms with Crippen molar-refractivity contribution < 1.29 is 8.81 Å². The molecule has 1 aromatic carbocycles. The summed E-state index contributed by atoms with van der Waals surface area (Å²) >= 11 is 3.11. The molecule has 1 aromatic heterocycles. The first kappa shape index (κ1) is 12.3. The summed E-state index contributed by atoms with van der Waals surface area (Å²) in [6, 6.07) is 4.87. The Labute approximate surface area is 107 Å². The molecular formula is C12H12BrFN2O. The Bertz CT molecular complexity index is 527. The molecule has 0 fully saturated rings. The fourth-order valence-corrected chi connectivity index (χ4v) is 1.64. The van der Waals surface area contributed by atoms with Gasteiger partial charge in [0.1, 0.15) is 5.82 Å². The number of aromatic nitrogens is 1. The molecule has 0 radical (unpaired) electrons. The standard InChI is InChI=1S/C12H12BrFN2O/c1-7(15-2)12-16-6-11(17-12)8-3-4-9(13)10(14)5-8/h3-7,15H,1-2H3. The summed E-state index contributed by atoms with van der Waals surface area (Å²) in [7, 11) is 1.83. The molecule has 0 bridgehead atoms. The molecule has 0 aliphatic rings. The summed E-state index contributed by atoms with van der Waals surface area (Å²) in [6.07, 6.45) is 1.60. The van der Waals surface area contributed by atoms with Crippen LogP contribution in [0.5, 0.6) is 0 Å². The molecule has 0 saturated heterocycles. The number of hydrogen-bond donors (Lipinski definition) is 1. The van der Waals surface area contributed by atoms with Crippen molar-refractivity contribution in [1.82, 2.24) is 10.3 Å². The zero-order valence-corrected chi connectivity index (χ0v) is 11.1. The highest BCUT2D eigenvalue weighted by atomic mass is 79.9. The first-order valence-corrected chi connectivity index (χ1v) is 5.99. The molecule has 0 saturated carbocycles. The van der Waals surface area contributed by atoms with Gasteiger partial charge in [0, 0.05) is 5.56 Å². The maximum absolute atomic E-state index is 13.4. The summed E-state index contributed by atoms with van der Waals surface area (Å²) in [5.74, 6) is 0.835. The largest absolute Gasteiger partial charge is 0.439 e. The zero-order valence-electron chi connectivity index (χ0n) is 9.50. The van der Waals surface area contributed by atoms with E-state index in [9.17, 15) is 4.39 Å². The molecule has 1 atom stereocenters. The van der Waals surface area contributed by atoms with Crippen LogP contribution in [0.1, 0.15) is 18.9 Å². The lowest BCUT2D eigenvalue weighted by molar-refractivity contribution is 0.441. The van der Waals surface area contributed by atoms with E-state index < -0.39 is 0 Å². The van der Waals surface area contributed by atoms with E-state index in [2.05, 4.69) is 26.2 Å². The minimum atomic E-state index is -0.317. The maximum Gasteiger partial charge on any atom is 0.211 e. The molecule has 1 unspecified atom stereocenters. The molecule has 17 heavy (non-hydrogen) atoms. The van der Waals surface area contributed by atoms with Crippen LogP contribution < -0.4 is 5.32 Å². The van der Waals surface area contributed by atoms with Gasteiger partial charge in [-0.3, -0.25) is 0 Å². The third-order valence-electron chi connectivity index (χ3n) is 2.53. The van der Waals surface area contributed by atoms with Crippen molar-refractivity contribution in [1.29, 1.82) is 0 Å². The van der Waals surface area contributed by atoms with Crippen LogP contribution in [0.2, 0.25) is 0 Å². The van der Waals surface area contributed by atoms with E-state index in [0.717, 1.165) is 0 Å². The fourth-order valence-electron chi connectivity index (χ4n) is 1.39. The summed E-state index contributed by atoms with van der Waals surface area (Å²) in [5, 5.41) is 3.03. The highest BCUT2D eigenvalue weighted by molar-refractivity contribution is 9.10. The third kappa shape index (κ3) is 2.56. The molecule has 1 heterocycles. The van der Waals surface area contributed by atoms with Crippen LogP contribution in [0.25, 0.3) is 11.3 Å². The summed E-state index contributed by atoms with van der Waals surface area (Å²) in [5.41, 5.74) is 0.674. The van der Waals surface area contributed by atoms with Crippen molar-refractivity contribution in [3.05, 3.63) is 40.6 Å². The quantitative estimate of drug-likeness (QED) is 0.942. The van der Waals surface area contributed by atoms with E-state index in [1.807, 2.05) is 14.0 Å². The minimum Gasteiger partial charge on any atom is -0.439 e. The average Bonchev–Trinajstić information content (AvgIpc) is 2.81. The highest BCUT2D eigenvalue weighted by Gasteiger charge is 2.12. The monoisotopic (exact) mass is 298 g/mol. The lowest BCUT2D eigenvalue weighted by Crippen LogP contribution is -2.12. The van der Waals surface area contributed by atoms with Gasteiger partial charge in [0.25, 0.3) is 0 Å². The maximum atomic E-state index is 13.4. The van der Waals surface area contributed by atoms with E-state index >= 15 is 0 Å². The van der Waals surface area contributed by atoms with E-state index in [4.69, 9.17) is 4.42 Å². The Morgan fingerprint density at radius 2 is 2.24 bits per heavy atom. The molecule has 0 aliphatic carbocycles. The van der Waals surface area contributed by atoms with Gasteiger partial charge in [-0.15, -0.1) is 0 Å². The number of hydrogen-bond acceptors (Lipinski definition) is 3. The number of rotatable bonds is 3. The van der Waals surface area contributed by atoms with Gasteiger partial charge in [-0.2, -0.15) is 0 Å². The van der Waals surface area contributed by atoms with Crippen LogP contribution in [-0.2, 0) is 0 Å². The van der Waals surface area contributed by atoms with Gasteiger partial charge in [0.15, 0.2) is 5.76 Å². The second-order valence-corrected chi connectivity index (χ2v) is 4.56. The Morgan fingerprint density at radius 1 is 1.47 bits per heavy atom. The topological polar surface area (TPSA) is 38.1 Å². The minimum absolute atomic E-state index is 0.0315. The smallest absolute Gasteiger partial charge is 0.211 e. The first-order valence-electron chi connectivity index (χ1n) is 5.20. The van der Waals surface area contributed by atoms with E-state index in [1.54, 1.807) is 18.3 Å². The van der Waals surface area contributed by atoms with Gasteiger partial charge < -0.3 is 9.73 Å². The normalized spacial score (nSPS) is 12.7. The molecule has 90 valence electrons. The average molecular weight is 299 g/mol. The second-order valence-electron chi connectivity index (χ2n) is 3.70. The molecule has 0 amide bonds. The molecule has 0 spiro atoms. The molecule has 5 heteroatoms. The molecular weight excluding hydrogens is 287 g/mol. The van der Waals surface area contributed by atoms with Crippen molar-refractivity contribution in [2.24, 2.45) is 0 Å². The van der Waals surface area contributed by atoms with Crippen molar-refractivity contribution in [2.45, 2.75) is 13.0 Å². The van der Waals surface area contributed by atoms with Crippen LogP contribution in [0.4, 0.5) is 4.39 Å². The van der Waals surface area contributed by atoms with E-state index in [0.29, 0.717) is 21.7 Å². The fraction of sp³-hybridized carbons (Fsp3) is 0.250. The van der Waals surface area contributed by atoms with Crippen LogP contribution in [0, 0.1) is 5.82 Å². The molecule has 0 aliphatic heterocycles. The Balaban J connectivity index is 2.33. The number of nitrogens with zero attached hydrogens (tertiary/aromatic N) is 1. The van der Waals surface area contributed by atoms with Gasteiger partial charge in [-0.05, 0) is 48.1 Å². The van der Waals surface area contributed by atoms with Crippen LogP contribution >= 0.6 is 15.9 Å². The predicted molar refractivity (Wildman–Crippen MR) is 67.1 cm³/mol. The molecule has 2 rings (SSSR count). The molecule has 2 aromatic rings. The predicted octanol–water partition coefficient (Wildman–Crippen LogP) is 3.52. The summed E-state index contributed by atoms with van der Waals surface area (Å²) in [6.45, 7) is 1.94. The number of benzene rings is 1. The second kappa shape index (κ2) is 4.98. The first-order chi connectivity index (χ1) is 8.11. The van der Waals surface area contributed by atoms with Gasteiger partial charge in [-0.1, -0.05) is 0 Å². The molecule has 3 nitrogen and oxygen atoms in total. The van der Waals surface area contributed by atoms with Crippen LogP contribution in [0.15, 0.2) is 33.3 Å². The number of oxazole rings is 1. The van der Waals surface area contributed by atoms with E-state index in [-0.39, 0.29) is 11.9 Å². The summed E-state index contributed by atoms with van der Waals surface area (Å²) < 4.78 is 19.4. The zero-order chi connectivity index (χ0) is 12.4. The Kier molecular flexibility index (Phi) is 3.59. The van der Waals surface area contributed by atoms with Gasteiger partial charge in [0.2, 0.25) is 5.89 Å². The van der Waals surface area contributed by atoms with Gasteiger partial charge in [0.05, 0.1) is 16.7 Å².